The maximum absolute atomic E-state index is 11.0. The molecule has 1 aliphatic heterocycles. The van der Waals surface area contributed by atoms with Gasteiger partial charge in [-0.15, -0.1) is 6.58 Å². The molecule has 0 saturated carbocycles. The van der Waals surface area contributed by atoms with E-state index < -0.39 is 6.10 Å². The minimum Gasteiger partial charge on any atom is -0.496 e. The van der Waals surface area contributed by atoms with Gasteiger partial charge in [0.2, 0.25) is 0 Å². The third-order valence-corrected chi connectivity index (χ3v) is 4.82. The molecule has 0 aromatic heterocycles. The Hall–Kier alpha value is -1.78. The van der Waals surface area contributed by atoms with Crippen molar-refractivity contribution < 1.29 is 19.3 Å². The molecule has 0 amide bonds. The Morgan fingerprint density at radius 3 is 2.65 bits per heavy atom. The Bertz CT molecular complexity index is 647. The number of benzene rings is 1. The van der Waals surface area contributed by atoms with Crippen LogP contribution in [0.15, 0.2) is 35.9 Å². The lowest BCUT2D eigenvalue weighted by atomic mass is 9.77. The SMILES string of the molecule is C=CC[C@@H]1CC2=C(C(O)c3c(OC)ccc(OC)c3C2)[C@@H](C)O1. The van der Waals surface area contributed by atoms with Gasteiger partial charge in [-0.1, -0.05) is 11.6 Å². The van der Waals surface area contributed by atoms with Crippen LogP contribution >= 0.6 is 0 Å². The van der Waals surface area contributed by atoms with E-state index in [2.05, 4.69) is 6.58 Å². The number of hydrogen-bond donors (Lipinski definition) is 1. The normalized spacial score (nSPS) is 26.3. The number of aliphatic hydroxyl groups is 1. The minimum atomic E-state index is -0.710. The summed E-state index contributed by atoms with van der Waals surface area (Å²) in [6.07, 6.45) is 3.61. The number of hydrogen-bond acceptors (Lipinski definition) is 4. The number of rotatable bonds is 4. The summed E-state index contributed by atoms with van der Waals surface area (Å²) in [4.78, 5) is 0. The van der Waals surface area contributed by atoms with Crippen LogP contribution in [-0.2, 0) is 11.2 Å². The predicted octanol–water partition coefficient (Wildman–Crippen LogP) is 3.34. The molecular weight excluding hydrogens is 292 g/mol. The monoisotopic (exact) mass is 316 g/mol. The lowest BCUT2D eigenvalue weighted by Crippen LogP contribution is -2.34. The van der Waals surface area contributed by atoms with Crippen LogP contribution in [0.3, 0.4) is 0 Å². The summed E-state index contributed by atoms with van der Waals surface area (Å²) in [5.74, 6) is 1.49. The van der Waals surface area contributed by atoms with Gasteiger partial charge in [-0.05, 0) is 43.9 Å². The average Bonchev–Trinajstić information content (AvgIpc) is 2.53. The van der Waals surface area contributed by atoms with Crippen LogP contribution in [0.5, 0.6) is 11.5 Å². The highest BCUT2D eigenvalue weighted by Crippen LogP contribution is 2.47. The smallest absolute Gasteiger partial charge is 0.125 e. The molecule has 0 saturated heterocycles. The summed E-state index contributed by atoms with van der Waals surface area (Å²) in [5, 5.41) is 11.0. The van der Waals surface area contributed by atoms with Crippen molar-refractivity contribution >= 4 is 0 Å². The van der Waals surface area contributed by atoms with Gasteiger partial charge in [0.15, 0.2) is 0 Å². The second-order valence-corrected chi connectivity index (χ2v) is 6.13. The van der Waals surface area contributed by atoms with Crippen molar-refractivity contribution in [1.82, 2.24) is 0 Å². The fraction of sp³-hybridized carbons (Fsp3) is 0.474. The van der Waals surface area contributed by atoms with Crippen molar-refractivity contribution in [1.29, 1.82) is 0 Å². The first kappa shape index (κ1) is 16.1. The highest BCUT2D eigenvalue weighted by Gasteiger charge is 2.38. The van der Waals surface area contributed by atoms with E-state index in [9.17, 15) is 5.11 Å². The molecule has 2 aliphatic rings. The Kier molecular flexibility index (Phi) is 4.46. The van der Waals surface area contributed by atoms with Gasteiger partial charge in [0.05, 0.1) is 26.4 Å². The molecule has 1 heterocycles. The first-order chi connectivity index (χ1) is 11.1. The summed E-state index contributed by atoms with van der Waals surface area (Å²) >= 11 is 0. The molecule has 1 aliphatic carbocycles. The highest BCUT2D eigenvalue weighted by atomic mass is 16.5. The van der Waals surface area contributed by atoms with Crippen LogP contribution in [-0.4, -0.2) is 31.5 Å². The number of methoxy groups -OCH3 is 2. The van der Waals surface area contributed by atoms with Crippen molar-refractivity contribution in [2.75, 3.05) is 14.2 Å². The zero-order valence-corrected chi connectivity index (χ0v) is 14.0. The zero-order valence-electron chi connectivity index (χ0n) is 14.0. The average molecular weight is 316 g/mol. The van der Waals surface area contributed by atoms with Crippen molar-refractivity contribution in [2.45, 2.75) is 44.5 Å². The fourth-order valence-corrected chi connectivity index (χ4v) is 3.85. The standard InChI is InChI=1S/C19H24O4/c1-5-6-13-9-12-10-14-15(21-3)7-8-16(22-4)18(14)19(20)17(12)11(2)23-13/h5,7-8,11,13,19-20H,1,6,9-10H2,2-4H3/t11-,13-,19?/m1/s1. The molecule has 1 aromatic rings. The molecule has 1 aromatic carbocycles. The summed E-state index contributed by atoms with van der Waals surface area (Å²) in [6, 6.07) is 3.75. The van der Waals surface area contributed by atoms with Crippen LogP contribution < -0.4 is 9.47 Å². The third-order valence-electron chi connectivity index (χ3n) is 4.82. The van der Waals surface area contributed by atoms with Crippen LogP contribution in [0.1, 0.15) is 37.0 Å². The molecule has 4 nitrogen and oxygen atoms in total. The van der Waals surface area contributed by atoms with Gasteiger partial charge in [0, 0.05) is 11.1 Å². The predicted molar refractivity (Wildman–Crippen MR) is 89.0 cm³/mol. The molecule has 3 rings (SSSR count). The summed E-state index contributed by atoms with van der Waals surface area (Å²) in [6.45, 7) is 5.81. The largest absolute Gasteiger partial charge is 0.496 e. The molecule has 1 N–H and O–H groups in total. The van der Waals surface area contributed by atoms with E-state index in [1.807, 2.05) is 25.1 Å². The Balaban J connectivity index is 2.07. The highest BCUT2D eigenvalue weighted by molar-refractivity contribution is 5.57. The van der Waals surface area contributed by atoms with Gasteiger partial charge in [0.1, 0.15) is 17.6 Å². The van der Waals surface area contributed by atoms with Gasteiger partial charge < -0.3 is 19.3 Å². The van der Waals surface area contributed by atoms with Gasteiger partial charge in [-0.2, -0.15) is 0 Å². The van der Waals surface area contributed by atoms with E-state index in [-0.39, 0.29) is 12.2 Å². The maximum atomic E-state index is 11.0. The minimum absolute atomic E-state index is 0.109. The Morgan fingerprint density at radius 1 is 1.30 bits per heavy atom. The van der Waals surface area contributed by atoms with Crippen LogP contribution in [0, 0.1) is 0 Å². The van der Waals surface area contributed by atoms with Gasteiger partial charge in [-0.25, -0.2) is 0 Å². The lowest BCUT2D eigenvalue weighted by molar-refractivity contribution is -0.00876. The summed E-state index contributed by atoms with van der Waals surface area (Å²) in [7, 11) is 3.28. The lowest BCUT2D eigenvalue weighted by Gasteiger charge is -2.39. The molecule has 0 bridgehead atoms. The summed E-state index contributed by atoms with van der Waals surface area (Å²) in [5.41, 5.74) is 4.05. The number of fused-ring (bicyclic) bond motifs is 1. The summed E-state index contributed by atoms with van der Waals surface area (Å²) < 4.78 is 17.0. The van der Waals surface area contributed by atoms with Crippen molar-refractivity contribution in [3.05, 3.63) is 47.1 Å². The molecule has 3 atom stereocenters. The van der Waals surface area contributed by atoms with E-state index >= 15 is 0 Å². The van der Waals surface area contributed by atoms with Crippen molar-refractivity contribution in [3.8, 4) is 11.5 Å². The molecule has 0 fully saturated rings. The van der Waals surface area contributed by atoms with E-state index in [0.29, 0.717) is 5.75 Å². The Morgan fingerprint density at radius 2 is 2.00 bits per heavy atom. The first-order valence-electron chi connectivity index (χ1n) is 8.00. The molecule has 4 heteroatoms. The second-order valence-electron chi connectivity index (χ2n) is 6.13. The van der Waals surface area contributed by atoms with E-state index in [4.69, 9.17) is 14.2 Å². The number of aliphatic hydroxyl groups excluding tert-OH is 1. The molecule has 23 heavy (non-hydrogen) atoms. The third kappa shape index (κ3) is 2.66. The van der Waals surface area contributed by atoms with E-state index in [1.54, 1.807) is 14.2 Å². The van der Waals surface area contributed by atoms with Crippen LogP contribution in [0.2, 0.25) is 0 Å². The zero-order chi connectivity index (χ0) is 16.6. The van der Waals surface area contributed by atoms with Crippen molar-refractivity contribution in [3.63, 3.8) is 0 Å². The van der Waals surface area contributed by atoms with Crippen LogP contribution in [0.4, 0.5) is 0 Å². The molecule has 0 spiro atoms. The Labute approximate surface area is 137 Å². The van der Waals surface area contributed by atoms with Crippen molar-refractivity contribution in [2.24, 2.45) is 0 Å². The number of ether oxygens (including phenoxy) is 3. The maximum Gasteiger partial charge on any atom is 0.125 e. The van der Waals surface area contributed by atoms with Gasteiger partial charge in [0.25, 0.3) is 0 Å². The molecule has 0 radical (unpaired) electrons. The van der Waals surface area contributed by atoms with E-state index in [0.717, 1.165) is 41.7 Å². The van der Waals surface area contributed by atoms with E-state index in [1.165, 1.54) is 5.57 Å². The van der Waals surface area contributed by atoms with Crippen LogP contribution in [0.25, 0.3) is 0 Å². The topological polar surface area (TPSA) is 47.9 Å². The fourth-order valence-electron chi connectivity index (χ4n) is 3.85. The molecule has 1 unspecified atom stereocenters. The molecular formula is C19H24O4. The molecule has 124 valence electrons. The quantitative estimate of drug-likeness (QED) is 0.866. The van der Waals surface area contributed by atoms with Gasteiger partial charge in [-0.3, -0.25) is 0 Å². The first-order valence-corrected chi connectivity index (χ1v) is 8.00. The second kappa shape index (κ2) is 6.38. The van der Waals surface area contributed by atoms with Gasteiger partial charge >= 0.3 is 0 Å².